The predicted molar refractivity (Wildman–Crippen MR) is 121 cm³/mol. The Morgan fingerprint density at radius 3 is 2.03 bits per heavy atom. The van der Waals surface area contributed by atoms with Crippen LogP contribution in [-0.4, -0.2) is 25.9 Å². The molecule has 174 valence electrons. The van der Waals surface area contributed by atoms with Gasteiger partial charge in [-0.05, 0) is 42.4 Å². The van der Waals surface area contributed by atoms with Gasteiger partial charge in [-0.2, -0.15) is 0 Å². The summed E-state index contributed by atoms with van der Waals surface area (Å²) in [6.07, 6.45) is 5.32. The van der Waals surface area contributed by atoms with Crippen molar-refractivity contribution in [3.8, 4) is 0 Å². The van der Waals surface area contributed by atoms with Crippen molar-refractivity contribution in [3.63, 3.8) is 0 Å². The average molecular weight is 445 g/mol. The van der Waals surface area contributed by atoms with Crippen LogP contribution in [0.15, 0.2) is 36.4 Å². The van der Waals surface area contributed by atoms with Gasteiger partial charge < -0.3 is 14.2 Å². The first-order valence-corrected chi connectivity index (χ1v) is 12.0. The quantitative estimate of drug-likeness (QED) is 0.470. The maximum Gasteiger partial charge on any atom is 0.186 e. The molecule has 2 unspecified atom stereocenters. The van der Waals surface area contributed by atoms with E-state index in [0.29, 0.717) is 25.4 Å². The van der Waals surface area contributed by atoms with Crippen LogP contribution >= 0.6 is 0 Å². The molecule has 0 spiro atoms. The molecular formula is C27H34F2O3. The van der Waals surface area contributed by atoms with Crippen molar-refractivity contribution in [2.75, 3.05) is 19.8 Å². The summed E-state index contributed by atoms with van der Waals surface area (Å²) in [6.45, 7) is 5.56. The van der Waals surface area contributed by atoms with Gasteiger partial charge in [0.15, 0.2) is 17.9 Å². The number of hydrogen-bond acceptors (Lipinski definition) is 3. The van der Waals surface area contributed by atoms with Crippen molar-refractivity contribution in [1.82, 2.24) is 0 Å². The SMILES string of the molecule is CCCc1ccc(C2COC(c3ccc(C4CCC(CCC)OC4)c(F)c3F)OC2)cc1. The highest BCUT2D eigenvalue weighted by Gasteiger charge is 2.31. The summed E-state index contributed by atoms with van der Waals surface area (Å²) in [4.78, 5) is 0. The predicted octanol–water partition coefficient (Wildman–Crippen LogP) is 6.81. The maximum absolute atomic E-state index is 15.0. The molecule has 32 heavy (non-hydrogen) atoms. The Hall–Kier alpha value is -1.82. The molecule has 2 aromatic carbocycles. The lowest BCUT2D eigenvalue weighted by Gasteiger charge is -2.31. The summed E-state index contributed by atoms with van der Waals surface area (Å²) in [5.41, 5.74) is 2.98. The summed E-state index contributed by atoms with van der Waals surface area (Å²) < 4.78 is 47.4. The molecule has 2 fully saturated rings. The van der Waals surface area contributed by atoms with Crippen LogP contribution in [-0.2, 0) is 20.6 Å². The number of benzene rings is 2. The van der Waals surface area contributed by atoms with Gasteiger partial charge in [0.1, 0.15) is 0 Å². The second-order valence-electron chi connectivity index (χ2n) is 9.08. The van der Waals surface area contributed by atoms with Gasteiger partial charge in [-0.1, -0.05) is 63.1 Å². The van der Waals surface area contributed by atoms with E-state index in [0.717, 1.165) is 44.1 Å². The molecule has 0 aromatic heterocycles. The van der Waals surface area contributed by atoms with E-state index in [1.807, 2.05) is 0 Å². The van der Waals surface area contributed by atoms with Gasteiger partial charge in [-0.3, -0.25) is 0 Å². The van der Waals surface area contributed by atoms with Crippen LogP contribution < -0.4 is 0 Å². The summed E-state index contributed by atoms with van der Waals surface area (Å²) in [6, 6.07) is 11.8. The van der Waals surface area contributed by atoms with Crippen molar-refractivity contribution >= 4 is 0 Å². The molecule has 3 nitrogen and oxygen atoms in total. The lowest BCUT2D eigenvalue weighted by molar-refractivity contribution is -0.193. The Balaban J connectivity index is 1.38. The van der Waals surface area contributed by atoms with E-state index in [1.165, 1.54) is 5.56 Å². The minimum atomic E-state index is -0.884. The van der Waals surface area contributed by atoms with Crippen LogP contribution in [0.25, 0.3) is 0 Å². The minimum absolute atomic E-state index is 0.0876. The summed E-state index contributed by atoms with van der Waals surface area (Å²) in [5, 5.41) is 0. The molecular weight excluding hydrogens is 410 g/mol. The average Bonchev–Trinajstić information content (AvgIpc) is 2.83. The molecule has 0 radical (unpaired) electrons. The first-order valence-electron chi connectivity index (χ1n) is 12.0. The lowest BCUT2D eigenvalue weighted by Crippen LogP contribution is -2.27. The zero-order chi connectivity index (χ0) is 22.5. The van der Waals surface area contributed by atoms with Gasteiger partial charge in [0.05, 0.1) is 25.9 Å². The number of hydrogen-bond donors (Lipinski definition) is 0. The van der Waals surface area contributed by atoms with E-state index in [-0.39, 0.29) is 23.5 Å². The lowest BCUT2D eigenvalue weighted by atomic mass is 9.89. The largest absolute Gasteiger partial charge is 0.378 e. The molecule has 2 heterocycles. The first-order chi connectivity index (χ1) is 15.6. The standard InChI is InChI=1S/C27H34F2O3/c1-3-5-18-7-9-19(10-8-18)21-16-31-27(32-17-21)24-14-13-23(25(28)26(24)29)20-11-12-22(6-4-2)30-15-20/h7-10,13-14,20-22,27H,3-6,11-12,15-17H2,1-2H3. The third-order valence-electron chi connectivity index (χ3n) is 6.70. The zero-order valence-electron chi connectivity index (χ0n) is 19.1. The van der Waals surface area contributed by atoms with Crippen LogP contribution in [0.3, 0.4) is 0 Å². The molecule has 2 aliphatic heterocycles. The Labute approximate surface area is 190 Å². The highest BCUT2D eigenvalue weighted by atomic mass is 19.2. The Morgan fingerprint density at radius 2 is 1.41 bits per heavy atom. The van der Waals surface area contributed by atoms with Crippen molar-refractivity contribution in [2.24, 2.45) is 0 Å². The monoisotopic (exact) mass is 444 g/mol. The highest BCUT2D eigenvalue weighted by Crippen LogP contribution is 2.36. The molecule has 2 atom stereocenters. The van der Waals surface area contributed by atoms with Crippen molar-refractivity contribution < 1.29 is 23.0 Å². The second-order valence-corrected chi connectivity index (χ2v) is 9.08. The molecule has 2 saturated heterocycles. The zero-order valence-corrected chi connectivity index (χ0v) is 19.1. The van der Waals surface area contributed by atoms with E-state index in [1.54, 1.807) is 12.1 Å². The maximum atomic E-state index is 15.0. The van der Waals surface area contributed by atoms with Gasteiger partial charge in [0, 0.05) is 17.4 Å². The fraction of sp³-hybridized carbons (Fsp3) is 0.556. The number of ether oxygens (including phenoxy) is 3. The molecule has 0 bridgehead atoms. The third-order valence-corrected chi connectivity index (χ3v) is 6.70. The molecule has 0 amide bonds. The Morgan fingerprint density at radius 1 is 0.750 bits per heavy atom. The summed E-state index contributed by atoms with van der Waals surface area (Å²) >= 11 is 0. The third kappa shape index (κ3) is 5.22. The summed E-state index contributed by atoms with van der Waals surface area (Å²) in [7, 11) is 0. The van der Waals surface area contributed by atoms with Gasteiger partial charge in [0.25, 0.3) is 0 Å². The van der Waals surface area contributed by atoms with E-state index in [9.17, 15) is 8.78 Å². The number of halogens is 2. The van der Waals surface area contributed by atoms with Crippen molar-refractivity contribution in [3.05, 3.63) is 70.3 Å². The van der Waals surface area contributed by atoms with E-state index < -0.39 is 17.9 Å². The van der Waals surface area contributed by atoms with E-state index >= 15 is 0 Å². The van der Waals surface area contributed by atoms with Gasteiger partial charge in [-0.15, -0.1) is 0 Å². The van der Waals surface area contributed by atoms with E-state index in [2.05, 4.69) is 38.1 Å². The van der Waals surface area contributed by atoms with E-state index in [4.69, 9.17) is 14.2 Å². The van der Waals surface area contributed by atoms with Gasteiger partial charge in [-0.25, -0.2) is 8.78 Å². The van der Waals surface area contributed by atoms with Gasteiger partial charge in [0.2, 0.25) is 0 Å². The molecule has 0 saturated carbocycles. The van der Waals surface area contributed by atoms with Crippen molar-refractivity contribution in [2.45, 2.75) is 76.6 Å². The molecule has 2 aliphatic rings. The van der Waals surface area contributed by atoms with Crippen molar-refractivity contribution in [1.29, 1.82) is 0 Å². The normalized spacial score (nSPS) is 26.2. The Kier molecular flexibility index (Phi) is 7.93. The fourth-order valence-corrected chi connectivity index (χ4v) is 4.80. The minimum Gasteiger partial charge on any atom is -0.378 e. The number of rotatable bonds is 7. The Bertz CT molecular complexity index is 867. The molecule has 0 aliphatic carbocycles. The van der Waals surface area contributed by atoms with Gasteiger partial charge >= 0.3 is 0 Å². The summed E-state index contributed by atoms with van der Waals surface area (Å²) in [5.74, 6) is -1.69. The fourth-order valence-electron chi connectivity index (χ4n) is 4.80. The second kappa shape index (κ2) is 10.9. The van der Waals surface area contributed by atoms with Crippen LogP contribution in [0.1, 0.15) is 86.3 Å². The van der Waals surface area contributed by atoms with Crippen LogP contribution in [0.2, 0.25) is 0 Å². The number of aryl methyl sites for hydroxylation is 1. The van der Waals surface area contributed by atoms with Crippen LogP contribution in [0.4, 0.5) is 8.78 Å². The highest BCUT2D eigenvalue weighted by molar-refractivity contribution is 5.31. The molecule has 4 rings (SSSR count). The topological polar surface area (TPSA) is 27.7 Å². The molecule has 0 N–H and O–H groups in total. The van der Waals surface area contributed by atoms with Crippen LogP contribution in [0.5, 0.6) is 0 Å². The molecule has 5 heteroatoms. The molecule has 2 aromatic rings. The van der Waals surface area contributed by atoms with Crippen LogP contribution in [0, 0.1) is 11.6 Å². The smallest absolute Gasteiger partial charge is 0.186 e. The first kappa shape index (κ1) is 23.3.